The molecular formula is C24H20ClN5O3S2. The van der Waals surface area contributed by atoms with Crippen molar-refractivity contribution in [3.8, 4) is 28.6 Å². The number of hydrogen-bond donors (Lipinski definition) is 1. The summed E-state index contributed by atoms with van der Waals surface area (Å²) in [4.78, 5) is 17.1. The summed E-state index contributed by atoms with van der Waals surface area (Å²) in [6, 6.07) is 15.0. The van der Waals surface area contributed by atoms with Crippen LogP contribution in [0.1, 0.15) is 6.92 Å². The first kappa shape index (κ1) is 23.4. The topological polar surface area (TPSA) is 95.1 Å². The minimum atomic E-state index is -0.173. The highest BCUT2D eigenvalue weighted by atomic mass is 35.5. The molecule has 0 radical (unpaired) electrons. The third-order valence-corrected chi connectivity index (χ3v) is 7.18. The van der Waals surface area contributed by atoms with Crippen LogP contribution >= 0.6 is 34.7 Å². The van der Waals surface area contributed by atoms with Crippen molar-refractivity contribution in [2.75, 3.05) is 18.2 Å². The van der Waals surface area contributed by atoms with Gasteiger partial charge in [0.05, 0.1) is 18.6 Å². The Bertz CT molecular complexity index is 1490. The lowest BCUT2D eigenvalue weighted by atomic mass is 10.2. The van der Waals surface area contributed by atoms with Crippen LogP contribution in [-0.4, -0.2) is 38.5 Å². The zero-order chi connectivity index (χ0) is 24.4. The van der Waals surface area contributed by atoms with E-state index in [1.54, 1.807) is 7.11 Å². The normalized spacial score (nSPS) is 11.2. The molecule has 8 nitrogen and oxygen atoms in total. The largest absolute Gasteiger partial charge is 0.493 e. The van der Waals surface area contributed by atoms with Crippen LogP contribution in [0.25, 0.3) is 33.8 Å². The summed E-state index contributed by atoms with van der Waals surface area (Å²) < 4.78 is 13.3. The standard InChI is InChI=1S/C24H20ClN5O3S2/c1-3-30-22(19-11-15-5-4-6-18(32-2)21(15)33-19)28-29-24(30)35-13-20(31)27-23-26-17(12-34-23)14-7-9-16(25)10-8-14/h4-12H,3,13H2,1-2H3,(H,26,27,31). The van der Waals surface area contributed by atoms with Crippen molar-refractivity contribution in [1.29, 1.82) is 0 Å². The van der Waals surface area contributed by atoms with Gasteiger partial charge >= 0.3 is 0 Å². The average Bonchev–Trinajstić information content (AvgIpc) is 3.60. The summed E-state index contributed by atoms with van der Waals surface area (Å²) in [6.07, 6.45) is 0. The molecule has 0 unspecified atom stereocenters. The number of para-hydroxylation sites is 1. The van der Waals surface area contributed by atoms with Crippen molar-refractivity contribution < 1.29 is 13.9 Å². The van der Waals surface area contributed by atoms with E-state index in [0.29, 0.717) is 44.8 Å². The second kappa shape index (κ2) is 10.1. The molecule has 0 aliphatic heterocycles. The van der Waals surface area contributed by atoms with Crippen LogP contribution in [-0.2, 0) is 11.3 Å². The Balaban J connectivity index is 1.27. The lowest BCUT2D eigenvalue weighted by molar-refractivity contribution is -0.113. The molecule has 3 aromatic heterocycles. The van der Waals surface area contributed by atoms with E-state index >= 15 is 0 Å². The van der Waals surface area contributed by atoms with E-state index in [1.165, 1.54) is 23.1 Å². The summed E-state index contributed by atoms with van der Waals surface area (Å²) in [5.74, 6) is 1.84. The van der Waals surface area contributed by atoms with Crippen molar-refractivity contribution in [2.24, 2.45) is 0 Å². The van der Waals surface area contributed by atoms with Crippen LogP contribution in [0.15, 0.2) is 63.5 Å². The van der Waals surface area contributed by atoms with E-state index in [9.17, 15) is 4.79 Å². The predicted octanol–water partition coefficient (Wildman–Crippen LogP) is 6.23. The van der Waals surface area contributed by atoms with Gasteiger partial charge in [0.25, 0.3) is 0 Å². The molecule has 0 aliphatic carbocycles. The minimum absolute atomic E-state index is 0.169. The third kappa shape index (κ3) is 4.90. The number of ether oxygens (including phenoxy) is 1. The van der Waals surface area contributed by atoms with Crippen LogP contribution < -0.4 is 10.1 Å². The highest BCUT2D eigenvalue weighted by molar-refractivity contribution is 7.99. The van der Waals surface area contributed by atoms with Gasteiger partial charge < -0.3 is 14.5 Å². The fourth-order valence-corrected chi connectivity index (χ4v) is 5.20. The lowest BCUT2D eigenvalue weighted by Gasteiger charge is -2.05. The van der Waals surface area contributed by atoms with Gasteiger partial charge in [-0.25, -0.2) is 4.98 Å². The summed E-state index contributed by atoms with van der Waals surface area (Å²) in [7, 11) is 1.61. The molecule has 0 saturated carbocycles. The number of thioether (sulfide) groups is 1. The van der Waals surface area contributed by atoms with E-state index in [2.05, 4.69) is 20.5 Å². The van der Waals surface area contributed by atoms with Crippen LogP contribution in [0.3, 0.4) is 0 Å². The quantitative estimate of drug-likeness (QED) is 0.240. The molecule has 1 N–H and O–H groups in total. The first-order valence-corrected chi connectivity index (χ1v) is 12.9. The van der Waals surface area contributed by atoms with E-state index in [4.69, 9.17) is 20.8 Å². The van der Waals surface area contributed by atoms with E-state index in [0.717, 1.165) is 16.6 Å². The smallest absolute Gasteiger partial charge is 0.236 e. The highest BCUT2D eigenvalue weighted by Crippen LogP contribution is 2.34. The van der Waals surface area contributed by atoms with Gasteiger partial charge in [0, 0.05) is 27.9 Å². The SMILES string of the molecule is CCn1c(SCC(=O)Nc2nc(-c3ccc(Cl)cc3)cs2)nnc1-c1cc2cccc(OC)c2o1. The summed E-state index contributed by atoms with van der Waals surface area (Å²) in [5.41, 5.74) is 2.38. The third-order valence-electron chi connectivity index (χ3n) is 5.20. The monoisotopic (exact) mass is 525 g/mol. The van der Waals surface area contributed by atoms with E-state index in [-0.39, 0.29) is 11.7 Å². The minimum Gasteiger partial charge on any atom is -0.493 e. The Morgan fingerprint density at radius 2 is 2.06 bits per heavy atom. The lowest BCUT2D eigenvalue weighted by Crippen LogP contribution is -2.14. The zero-order valence-electron chi connectivity index (χ0n) is 18.8. The van der Waals surface area contributed by atoms with Gasteiger partial charge in [-0.05, 0) is 31.2 Å². The van der Waals surface area contributed by atoms with Gasteiger partial charge in [0.2, 0.25) is 11.7 Å². The number of hydrogen-bond acceptors (Lipinski definition) is 8. The van der Waals surface area contributed by atoms with Gasteiger partial charge in [-0.1, -0.05) is 47.6 Å². The molecule has 1 amide bonds. The molecule has 5 aromatic rings. The molecule has 5 rings (SSSR count). The van der Waals surface area contributed by atoms with Crippen LogP contribution in [0, 0.1) is 0 Å². The van der Waals surface area contributed by atoms with Gasteiger partial charge in [-0.3, -0.25) is 9.36 Å². The maximum atomic E-state index is 12.6. The Hall–Kier alpha value is -3.34. The van der Waals surface area contributed by atoms with Gasteiger partial charge in [0.1, 0.15) is 0 Å². The van der Waals surface area contributed by atoms with Crippen molar-refractivity contribution in [3.63, 3.8) is 0 Å². The van der Waals surface area contributed by atoms with Crippen molar-refractivity contribution >= 4 is 56.7 Å². The second-order valence-electron chi connectivity index (χ2n) is 7.42. The number of amides is 1. The molecule has 0 fully saturated rings. The number of thiazole rings is 1. The fraction of sp³-hybridized carbons (Fsp3) is 0.167. The van der Waals surface area contributed by atoms with Crippen molar-refractivity contribution in [3.05, 3.63) is 58.9 Å². The van der Waals surface area contributed by atoms with Crippen LogP contribution in [0.4, 0.5) is 5.13 Å². The molecule has 35 heavy (non-hydrogen) atoms. The van der Waals surface area contributed by atoms with Crippen molar-refractivity contribution in [2.45, 2.75) is 18.6 Å². The molecule has 0 saturated heterocycles. The molecule has 11 heteroatoms. The number of anilines is 1. The Labute approximate surface area is 214 Å². The Kier molecular flexibility index (Phi) is 6.76. The number of rotatable bonds is 8. The summed E-state index contributed by atoms with van der Waals surface area (Å²) in [6.45, 7) is 2.62. The Morgan fingerprint density at radius 3 is 2.83 bits per heavy atom. The highest BCUT2D eigenvalue weighted by Gasteiger charge is 2.19. The maximum Gasteiger partial charge on any atom is 0.236 e. The predicted molar refractivity (Wildman–Crippen MR) is 139 cm³/mol. The zero-order valence-corrected chi connectivity index (χ0v) is 21.2. The van der Waals surface area contributed by atoms with E-state index in [1.807, 2.05) is 65.4 Å². The maximum absolute atomic E-state index is 12.6. The van der Waals surface area contributed by atoms with Gasteiger partial charge in [0.15, 0.2) is 27.4 Å². The molecule has 0 aliphatic rings. The number of aromatic nitrogens is 4. The number of halogens is 1. The van der Waals surface area contributed by atoms with Crippen LogP contribution in [0.2, 0.25) is 5.02 Å². The summed E-state index contributed by atoms with van der Waals surface area (Å²) >= 11 is 8.63. The number of carbonyl (C=O) groups is 1. The van der Waals surface area contributed by atoms with Crippen molar-refractivity contribution in [1.82, 2.24) is 19.7 Å². The number of furan rings is 1. The van der Waals surface area contributed by atoms with E-state index < -0.39 is 0 Å². The first-order valence-electron chi connectivity index (χ1n) is 10.7. The number of carbonyl (C=O) groups excluding carboxylic acids is 1. The fourth-order valence-electron chi connectivity index (χ4n) is 3.54. The molecule has 0 bridgehead atoms. The number of nitrogens with zero attached hydrogens (tertiary/aromatic N) is 4. The molecule has 3 heterocycles. The number of methoxy groups -OCH3 is 1. The average molecular weight is 526 g/mol. The van der Waals surface area contributed by atoms with Gasteiger partial charge in [-0.2, -0.15) is 0 Å². The molecule has 178 valence electrons. The molecule has 0 spiro atoms. The first-order chi connectivity index (χ1) is 17.1. The number of fused-ring (bicyclic) bond motifs is 1. The van der Waals surface area contributed by atoms with Gasteiger partial charge in [-0.15, -0.1) is 21.5 Å². The van der Waals surface area contributed by atoms with Crippen LogP contribution in [0.5, 0.6) is 5.75 Å². The molecule has 2 aromatic carbocycles. The molecule has 0 atom stereocenters. The Morgan fingerprint density at radius 1 is 1.23 bits per heavy atom. The number of nitrogens with one attached hydrogen (secondary N) is 1. The summed E-state index contributed by atoms with van der Waals surface area (Å²) in [5, 5.41) is 16.1. The number of benzene rings is 2. The molecular weight excluding hydrogens is 506 g/mol. The second-order valence-corrected chi connectivity index (χ2v) is 9.66.